The minimum atomic E-state index is -0.359. The number of rotatable bonds is 9. The lowest BCUT2D eigenvalue weighted by molar-refractivity contribution is -0.139. The van der Waals surface area contributed by atoms with E-state index in [4.69, 9.17) is 4.74 Å². The number of nitrogens with zero attached hydrogens (tertiary/aromatic N) is 3. The van der Waals surface area contributed by atoms with Gasteiger partial charge in [-0.05, 0) is 36.8 Å². The van der Waals surface area contributed by atoms with Crippen molar-refractivity contribution in [2.45, 2.75) is 39.7 Å². The van der Waals surface area contributed by atoms with Crippen molar-refractivity contribution in [3.05, 3.63) is 77.7 Å². The van der Waals surface area contributed by atoms with E-state index in [0.717, 1.165) is 11.3 Å². The molecule has 0 atom stereocenters. The summed E-state index contributed by atoms with van der Waals surface area (Å²) in [5.41, 5.74) is 2.10. The molecule has 1 N–H and O–H groups in total. The first-order valence-corrected chi connectivity index (χ1v) is 11.2. The molecule has 0 aliphatic carbocycles. The zero-order valence-electron chi connectivity index (χ0n) is 20.0. The number of carbonyl (C=O) groups is 2. The van der Waals surface area contributed by atoms with Crippen LogP contribution in [0, 0.1) is 5.82 Å². The molecular weight excluding hydrogens is 435 g/mol. The molecule has 0 aliphatic rings. The summed E-state index contributed by atoms with van der Waals surface area (Å²) in [6, 6.07) is 17.2. The number of hydrogen-bond donors (Lipinski definition) is 1. The Morgan fingerprint density at radius 3 is 2.38 bits per heavy atom. The smallest absolute Gasteiger partial charge is 0.249 e. The van der Waals surface area contributed by atoms with Crippen molar-refractivity contribution in [3.8, 4) is 5.69 Å². The second-order valence-corrected chi connectivity index (χ2v) is 8.99. The molecule has 180 valence electrons. The minimum absolute atomic E-state index is 0.113. The molecule has 3 aromatic rings. The van der Waals surface area contributed by atoms with E-state index in [0.29, 0.717) is 24.7 Å². The molecule has 0 aliphatic heterocycles. The summed E-state index contributed by atoms with van der Waals surface area (Å²) >= 11 is 0. The van der Waals surface area contributed by atoms with Gasteiger partial charge in [0, 0.05) is 18.0 Å². The van der Waals surface area contributed by atoms with E-state index in [2.05, 4.69) is 10.4 Å². The van der Waals surface area contributed by atoms with Crippen LogP contribution in [0.5, 0.6) is 0 Å². The first-order valence-electron chi connectivity index (χ1n) is 11.2. The first-order chi connectivity index (χ1) is 16.2. The normalized spacial score (nSPS) is 11.3. The van der Waals surface area contributed by atoms with Crippen molar-refractivity contribution in [3.63, 3.8) is 0 Å². The molecule has 0 bridgehead atoms. The Morgan fingerprint density at radius 1 is 1.09 bits per heavy atom. The summed E-state index contributed by atoms with van der Waals surface area (Å²) in [5.74, 6) is -0.535. The van der Waals surface area contributed by atoms with Crippen molar-refractivity contribution in [1.82, 2.24) is 14.7 Å². The second kappa shape index (κ2) is 11.1. The summed E-state index contributed by atoms with van der Waals surface area (Å²) in [4.78, 5) is 26.8. The third-order valence-electron chi connectivity index (χ3n) is 5.22. The monoisotopic (exact) mass is 466 g/mol. The van der Waals surface area contributed by atoms with E-state index < -0.39 is 0 Å². The maximum absolute atomic E-state index is 13.4. The highest BCUT2D eigenvalue weighted by Crippen LogP contribution is 2.26. The van der Waals surface area contributed by atoms with E-state index in [1.165, 1.54) is 17.0 Å². The lowest BCUT2D eigenvalue weighted by Gasteiger charge is -2.20. The summed E-state index contributed by atoms with van der Waals surface area (Å²) in [7, 11) is 0. The SMILES string of the molecule is CCN(CC(=O)Nc1cc(C(C)(C)C)nn1-c1ccc(F)cc1)C(=O)COCc1ccccc1. The highest BCUT2D eigenvalue weighted by Gasteiger charge is 2.23. The summed E-state index contributed by atoms with van der Waals surface area (Å²) in [5, 5.41) is 7.47. The standard InChI is InChI=1S/C26H31FN4O3/c1-5-30(25(33)18-34-17-19-9-7-6-8-10-19)16-24(32)28-23-15-22(26(2,3)4)29-31(23)21-13-11-20(27)12-14-21/h6-15H,5,16-18H2,1-4H3,(H,28,32). The third kappa shape index (κ3) is 6.74. The van der Waals surface area contributed by atoms with Crippen LogP contribution < -0.4 is 5.32 Å². The molecule has 34 heavy (non-hydrogen) atoms. The molecule has 0 saturated heterocycles. The van der Waals surface area contributed by atoms with Crippen LogP contribution in [0.3, 0.4) is 0 Å². The maximum Gasteiger partial charge on any atom is 0.249 e. The van der Waals surface area contributed by atoms with Crippen LogP contribution in [-0.4, -0.2) is 46.2 Å². The Bertz CT molecular complexity index is 1110. The molecular formula is C26H31FN4O3. The highest BCUT2D eigenvalue weighted by molar-refractivity contribution is 5.94. The van der Waals surface area contributed by atoms with Crippen molar-refractivity contribution in [2.24, 2.45) is 0 Å². The quantitative estimate of drug-likeness (QED) is 0.510. The number of halogens is 1. The number of likely N-dealkylation sites (N-methyl/N-ethyl adjacent to an activating group) is 1. The van der Waals surface area contributed by atoms with Crippen LogP contribution >= 0.6 is 0 Å². The van der Waals surface area contributed by atoms with Gasteiger partial charge in [0.05, 0.1) is 24.5 Å². The van der Waals surface area contributed by atoms with Gasteiger partial charge in [-0.3, -0.25) is 9.59 Å². The van der Waals surface area contributed by atoms with Gasteiger partial charge in [0.2, 0.25) is 11.8 Å². The Morgan fingerprint density at radius 2 is 1.76 bits per heavy atom. The van der Waals surface area contributed by atoms with Gasteiger partial charge in [0.25, 0.3) is 0 Å². The van der Waals surface area contributed by atoms with Crippen LogP contribution in [0.15, 0.2) is 60.7 Å². The van der Waals surface area contributed by atoms with Crippen LogP contribution in [-0.2, 0) is 26.3 Å². The van der Waals surface area contributed by atoms with E-state index in [9.17, 15) is 14.0 Å². The van der Waals surface area contributed by atoms with Crippen LogP contribution in [0.4, 0.5) is 10.2 Å². The average molecular weight is 467 g/mol. The fourth-order valence-electron chi connectivity index (χ4n) is 3.27. The van der Waals surface area contributed by atoms with Gasteiger partial charge >= 0.3 is 0 Å². The second-order valence-electron chi connectivity index (χ2n) is 8.99. The number of carbonyl (C=O) groups excluding carboxylic acids is 2. The van der Waals surface area contributed by atoms with Crippen LogP contribution in [0.1, 0.15) is 39.0 Å². The molecule has 7 nitrogen and oxygen atoms in total. The number of aromatic nitrogens is 2. The topological polar surface area (TPSA) is 76.5 Å². The zero-order valence-corrected chi connectivity index (χ0v) is 20.0. The van der Waals surface area contributed by atoms with Gasteiger partial charge in [0.1, 0.15) is 18.2 Å². The number of amides is 2. The van der Waals surface area contributed by atoms with E-state index in [1.54, 1.807) is 22.9 Å². The lowest BCUT2D eigenvalue weighted by Crippen LogP contribution is -2.40. The maximum atomic E-state index is 13.4. The number of anilines is 1. The van der Waals surface area contributed by atoms with E-state index in [-0.39, 0.29) is 36.2 Å². The fourth-order valence-corrected chi connectivity index (χ4v) is 3.27. The predicted molar refractivity (Wildman–Crippen MR) is 129 cm³/mol. The third-order valence-corrected chi connectivity index (χ3v) is 5.22. The molecule has 0 unspecified atom stereocenters. The minimum Gasteiger partial charge on any atom is -0.367 e. The number of benzene rings is 2. The van der Waals surface area contributed by atoms with E-state index >= 15 is 0 Å². The number of ether oxygens (including phenoxy) is 1. The molecule has 3 rings (SSSR count). The molecule has 8 heteroatoms. The van der Waals surface area contributed by atoms with Crippen molar-refractivity contribution in [2.75, 3.05) is 25.0 Å². The molecule has 0 spiro atoms. The Balaban J connectivity index is 1.66. The molecule has 0 radical (unpaired) electrons. The Labute approximate surface area is 199 Å². The van der Waals surface area contributed by atoms with Crippen LogP contribution in [0.2, 0.25) is 0 Å². The summed E-state index contributed by atoms with van der Waals surface area (Å²) in [6.07, 6.45) is 0. The molecule has 2 aromatic carbocycles. The molecule has 1 aromatic heterocycles. The van der Waals surface area contributed by atoms with Gasteiger partial charge in [-0.25, -0.2) is 9.07 Å². The number of hydrogen-bond acceptors (Lipinski definition) is 4. The largest absolute Gasteiger partial charge is 0.367 e. The summed E-state index contributed by atoms with van der Waals surface area (Å²) < 4.78 is 20.5. The van der Waals surface area contributed by atoms with Crippen molar-refractivity contribution in [1.29, 1.82) is 0 Å². The average Bonchev–Trinajstić information content (AvgIpc) is 3.23. The molecule has 0 fully saturated rings. The van der Waals surface area contributed by atoms with Gasteiger partial charge in [-0.2, -0.15) is 5.10 Å². The van der Waals surface area contributed by atoms with Gasteiger partial charge in [0.15, 0.2) is 0 Å². The zero-order chi connectivity index (χ0) is 24.7. The molecule has 0 saturated carbocycles. The highest BCUT2D eigenvalue weighted by atomic mass is 19.1. The first kappa shape index (κ1) is 25.1. The summed E-state index contributed by atoms with van der Waals surface area (Å²) in [6.45, 7) is 8.31. The van der Waals surface area contributed by atoms with Gasteiger partial charge in [-0.1, -0.05) is 51.1 Å². The van der Waals surface area contributed by atoms with Crippen molar-refractivity contribution >= 4 is 17.6 Å². The van der Waals surface area contributed by atoms with Gasteiger partial charge < -0.3 is 15.0 Å². The lowest BCUT2D eigenvalue weighted by atomic mass is 9.92. The predicted octanol–water partition coefficient (Wildman–Crippen LogP) is 4.31. The molecule has 1 heterocycles. The number of nitrogens with one attached hydrogen (secondary N) is 1. The Hall–Kier alpha value is -3.52. The van der Waals surface area contributed by atoms with E-state index in [1.807, 2.05) is 58.0 Å². The van der Waals surface area contributed by atoms with Crippen molar-refractivity contribution < 1.29 is 18.7 Å². The van der Waals surface area contributed by atoms with Crippen LogP contribution in [0.25, 0.3) is 5.69 Å². The molecule has 2 amide bonds. The fraction of sp³-hybridized carbons (Fsp3) is 0.346. The van der Waals surface area contributed by atoms with Gasteiger partial charge in [-0.15, -0.1) is 0 Å². The Kier molecular flexibility index (Phi) is 8.17.